The van der Waals surface area contributed by atoms with Crippen LogP contribution in [0.4, 0.5) is 4.39 Å². The zero-order valence-electron chi connectivity index (χ0n) is 10.3. The quantitative estimate of drug-likeness (QED) is 0.776. The molecule has 0 aliphatic carbocycles. The summed E-state index contributed by atoms with van der Waals surface area (Å²) in [7, 11) is -3.86. The molecule has 0 atom stereocenters. The van der Waals surface area contributed by atoms with Crippen LogP contribution in [0.3, 0.4) is 0 Å². The van der Waals surface area contributed by atoms with Gasteiger partial charge in [0.05, 0.1) is 5.02 Å². The Morgan fingerprint density at radius 3 is 2.67 bits per heavy atom. The van der Waals surface area contributed by atoms with Crippen LogP contribution >= 0.6 is 39.1 Å². The lowest BCUT2D eigenvalue weighted by atomic mass is 10.2. The van der Waals surface area contributed by atoms with E-state index >= 15 is 0 Å². The molecule has 0 saturated heterocycles. The highest BCUT2D eigenvalue weighted by molar-refractivity contribution is 9.10. The van der Waals surface area contributed by atoms with Gasteiger partial charge in [-0.3, -0.25) is 0 Å². The fourth-order valence-corrected chi connectivity index (χ4v) is 3.21. The van der Waals surface area contributed by atoms with Gasteiger partial charge >= 0.3 is 0 Å². The Balaban J connectivity index is 2.21. The molecular formula is C12H8BrCl2FN2O2S. The van der Waals surface area contributed by atoms with Gasteiger partial charge in [-0.2, -0.15) is 0 Å². The topological polar surface area (TPSA) is 59.1 Å². The number of benzene rings is 1. The average molecular weight is 414 g/mol. The standard InChI is InChI=1S/C12H8BrCl2FN2O2S/c13-8-1-2-11(16)7(3-8)5-18-21(19,20)9-4-10(14)12(15)17-6-9/h1-4,6,18H,5H2. The third kappa shape index (κ3) is 4.14. The second-order valence-corrected chi connectivity index (χ2v) is 7.45. The van der Waals surface area contributed by atoms with Crippen molar-refractivity contribution < 1.29 is 12.8 Å². The predicted octanol–water partition coefficient (Wildman–Crippen LogP) is 3.77. The van der Waals surface area contributed by atoms with Gasteiger partial charge in [0.25, 0.3) is 0 Å². The third-order valence-electron chi connectivity index (χ3n) is 2.54. The van der Waals surface area contributed by atoms with Gasteiger partial charge < -0.3 is 0 Å². The lowest BCUT2D eigenvalue weighted by molar-refractivity contribution is 0.574. The molecule has 0 spiro atoms. The van der Waals surface area contributed by atoms with E-state index < -0.39 is 15.8 Å². The van der Waals surface area contributed by atoms with Gasteiger partial charge in [0.2, 0.25) is 10.0 Å². The fourth-order valence-electron chi connectivity index (χ4n) is 1.49. The Hall–Kier alpha value is -0.730. The maximum atomic E-state index is 13.6. The van der Waals surface area contributed by atoms with E-state index in [1.807, 2.05) is 0 Å². The Kier molecular flexibility index (Phi) is 5.21. The normalized spacial score (nSPS) is 11.6. The van der Waals surface area contributed by atoms with Crippen molar-refractivity contribution in [2.45, 2.75) is 11.4 Å². The molecule has 4 nitrogen and oxygen atoms in total. The second-order valence-electron chi connectivity index (χ2n) is 4.00. The highest BCUT2D eigenvalue weighted by Gasteiger charge is 2.17. The van der Waals surface area contributed by atoms with Crippen molar-refractivity contribution in [3.8, 4) is 0 Å². The first-order valence-electron chi connectivity index (χ1n) is 5.54. The summed E-state index contributed by atoms with van der Waals surface area (Å²) < 4.78 is 40.6. The summed E-state index contributed by atoms with van der Waals surface area (Å²) in [6, 6.07) is 5.44. The number of nitrogens with zero attached hydrogens (tertiary/aromatic N) is 1. The largest absolute Gasteiger partial charge is 0.242 e. The van der Waals surface area contributed by atoms with E-state index in [4.69, 9.17) is 23.2 Å². The van der Waals surface area contributed by atoms with E-state index in [-0.39, 0.29) is 27.2 Å². The summed E-state index contributed by atoms with van der Waals surface area (Å²) >= 11 is 14.6. The van der Waals surface area contributed by atoms with E-state index in [0.717, 1.165) is 6.20 Å². The lowest BCUT2D eigenvalue weighted by Crippen LogP contribution is -2.24. The molecule has 112 valence electrons. The Bertz CT molecular complexity index is 787. The molecule has 0 unspecified atom stereocenters. The summed E-state index contributed by atoms with van der Waals surface area (Å²) in [4.78, 5) is 3.52. The zero-order valence-corrected chi connectivity index (χ0v) is 14.2. The summed E-state index contributed by atoms with van der Waals surface area (Å²) in [5.41, 5.74) is 0.209. The van der Waals surface area contributed by atoms with E-state index in [0.29, 0.717) is 4.47 Å². The minimum absolute atomic E-state index is 0.00801. The summed E-state index contributed by atoms with van der Waals surface area (Å²) in [6.45, 7) is -0.201. The van der Waals surface area contributed by atoms with Crippen LogP contribution in [0, 0.1) is 5.82 Å². The summed E-state index contributed by atoms with van der Waals surface area (Å²) in [5.74, 6) is -0.506. The number of sulfonamides is 1. The van der Waals surface area contributed by atoms with E-state index in [1.54, 1.807) is 0 Å². The first-order valence-corrected chi connectivity index (χ1v) is 8.57. The fraction of sp³-hybridized carbons (Fsp3) is 0.0833. The van der Waals surface area contributed by atoms with Crippen LogP contribution in [0.2, 0.25) is 10.2 Å². The monoisotopic (exact) mass is 412 g/mol. The van der Waals surface area contributed by atoms with Crippen molar-refractivity contribution in [1.82, 2.24) is 9.71 Å². The van der Waals surface area contributed by atoms with Crippen LogP contribution in [0.5, 0.6) is 0 Å². The van der Waals surface area contributed by atoms with Crippen LogP contribution in [-0.4, -0.2) is 13.4 Å². The third-order valence-corrected chi connectivity index (χ3v) is 5.09. The number of hydrogen-bond donors (Lipinski definition) is 1. The molecule has 2 rings (SSSR count). The molecule has 1 heterocycles. The van der Waals surface area contributed by atoms with Gasteiger partial charge in [-0.1, -0.05) is 39.1 Å². The van der Waals surface area contributed by atoms with Crippen LogP contribution in [0.15, 0.2) is 39.8 Å². The molecule has 1 aromatic carbocycles. The van der Waals surface area contributed by atoms with Crippen molar-refractivity contribution in [2.75, 3.05) is 0 Å². The summed E-state index contributed by atoms with van der Waals surface area (Å²) in [5, 5.41) is 0.0295. The first kappa shape index (κ1) is 16.6. The van der Waals surface area contributed by atoms with Gasteiger partial charge in [0.15, 0.2) is 0 Å². The predicted molar refractivity (Wildman–Crippen MR) is 82.4 cm³/mol. The number of halogens is 4. The molecule has 1 N–H and O–H groups in total. The number of hydrogen-bond acceptors (Lipinski definition) is 3. The molecule has 0 aliphatic rings. The maximum Gasteiger partial charge on any atom is 0.242 e. The maximum absolute atomic E-state index is 13.6. The summed E-state index contributed by atoms with van der Waals surface area (Å²) in [6.07, 6.45) is 1.08. The smallest absolute Gasteiger partial charge is 0.242 e. The molecule has 0 bridgehead atoms. The molecule has 0 fully saturated rings. The first-order chi connectivity index (χ1) is 9.79. The highest BCUT2D eigenvalue weighted by Crippen LogP contribution is 2.22. The molecule has 1 aromatic heterocycles. The molecule has 0 aliphatic heterocycles. The Morgan fingerprint density at radius 2 is 2.00 bits per heavy atom. The molecule has 9 heteroatoms. The number of pyridine rings is 1. The van der Waals surface area contributed by atoms with Gasteiger partial charge in [-0.15, -0.1) is 0 Å². The van der Waals surface area contributed by atoms with E-state index in [9.17, 15) is 12.8 Å². The molecule has 0 amide bonds. The lowest BCUT2D eigenvalue weighted by Gasteiger charge is -2.08. The van der Waals surface area contributed by atoms with E-state index in [2.05, 4.69) is 25.6 Å². The molecule has 0 saturated carbocycles. The average Bonchev–Trinajstić information content (AvgIpc) is 2.43. The van der Waals surface area contributed by atoms with Crippen LogP contribution in [0.25, 0.3) is 0 Å². The van der Waals surface area contributed by atoms with E-state index in [1.165, 1.54) is 24.3 Å². The minimum atomic E-state index is -3.86. The molecule has 0 radical (unpaired) electrons. The van der Waals surface area contributed by atoms with Crippen molar-refractivity contribution in [3.05, 3.63) is 56.5 Å². The van der Waals surface area contributed by atoms with Gasteiger partial charge in [0.1, 0.15) is 15.9 Å². The molecule has 2 aromatic rings. The van der Waals surface area contributed by atoms with Crippen LogP contribution in [-0.2, 0) is 16.6 Å². The number of rotatable bonds is 4. The van der Waals surface area contributed by atoms with Crippen molar-refractivity contribution in [2.24, 2.45) is 0 Å². The zero-order chi connectivity index (χ0) is 15.6. The molecule has 21 heavy (non-hydrogen) atoms. The van der Waals surface area contributed by atoms with Gasteiger partial charge in [-0.25, -0.2) is 22.5 Å². The van der Waals surface area contributed by atoms with Crippen LogP contribution < -0.4 is 4.72 Å². The highest BCUT2D eigenvalue weighted by atomic mass is 79.9. The van der Waals surface area contributed by atoms with Gasteiger partial charge in [-0.05, 0) is 24.3 Å². The van der Waals surface area contributed by atoms with Crippen LogP contribution in [0.1, 0.15) is 5.56 Å². The number of aromatic nitrogens is 1. The van der Waals surface area contributed by atoms with Gasteiger partial charge in [0, 0.05) is 22.8 Å². The minimum Gasteiger partial charge on any atom is -0.242 e. The molecular weight excluding hydrogens is 406 g/mol. The second kappa shape index (κ2) is 6.58. The van der Waals surface area contributed by atoms with Crippen molar-refractivity contribution in [1.29, 1.82) is 0 Å². The Morgan fingerprint density at radius 1 is 1.29 bits per heavy atom. The van der Waals surface area contributed by atoms with Crippen molar-refractivity contribution in [3.63, 3.8) is 0 Å². The van der Waals surface area contributed by atoms with Crippen molar-refractivity contribution >= 4 is 49.2 Å². The number of nitrogens with one attached hydrogen (secondary N) is 1. The SMILES string of the molecule is O=S(=O)(NCc1cc(Br)ccc1F)c1cnc(Cl)c(Cl)c1. The Labute approximate surface area is 139 Å².